The number of aliphatic hydroxyl groups excluding tert-OH is 1. The molecule has 1 heterocycles. The first-order valence-electron chi connectivity index (χ1n) is 8.92. The Balaban J connectivity index is 2.03. The van der Waals surface area contributed by atoms with Crippen molar-refractivity contribution in [3.8, 4) is 11.5 Å². The minimum Gasteiger partial charge on any atom is -0.508 e. The molecule has 0 aliphatic carbocycles. The van der Waals surface area contributed by atoms with E-state index in [1.165, 1.54) is 0 Å². The lowest BCUT2D eigenvalue weighted by atomic mass is 10.0. The average molecular weight is 368 g/mol. The summed E-state index contributed by atoms with van der Waals surface area (Å²) < 4.78 is 5.36. The van der Waals surface area contributed by atoms with Crippen LogP contribution in [-0.4, -0.2) is 54.5 Å². The summed E-state index contributed by atoms with van der Waals surface area (Å²) in [7, 11) is 1.55. The minimum atomic E-state index is -0.113. The molecule has 27 heavy (non-hydrogen) atoms. The van der Waals surface area contributed by atoms with E-state index in [1.54, 1.807) is 36.3 Å². The molecule has 0 unspecified atom stereocenters. The Bertz CT molecular complexity index is 863. The fraction of sp³-hybridized carbons (Fsp3) is 0.286. The minimum absolute atomic E-state index is 0.0424. The number of aliphatic hydroxyl groups is 1. The largest absolute Gasteiger partial charge is 0.508 e. The summed E-state index contributed by atoms with van der Waals surface area (Å²) in [6, 6.07) is 12.4. The van der Waals surface area contributed by atoms with Gasteiger partial charge in [-0.2, -0.15) is 0 Å². The Morgan fingerprint density at radius 1 is 1.22 bits per heavy atom. The van der Waals surface area contributed by atoms with Crippen LogP contribution in [0.4, 0.5) is 5.69 Å². The number of fused-ring (bicyclic) bond motifs is 1. The topological polar surface area (TPSA) is 73.2 Å². The van der Waals surface area contributed by atoms with Gasteiger partial charge in [0.25, 0.3) is 5.91 Å². The molecule has 2 aromatic carbocycles. The van der Waals surface area contributed by atoms with Crippen molar-refractivity contribution in [3.63, 3.8) is 0 Å². The molecule has 0 spiro atoms. The molecule has 2 aromatic rings. The Morgan fingerprint density at radius 2 is 2.00 bits per heavy atom. The number of methoxy groups -OCH3 is 1. The van der Waals surface area contributed by atoms with Crippen LogP contribution in [0.3, 0.4) is 0 Å². The van der Waals surface area contributed by atoms with E-state index in [0.717, 1.165) is 17.8 Å². The third-order valence-corrected chi connectivity index (χ3v) is 4.68. The standard InChI is InChI=1S/C21H24N2O4/c1-3-22(10-11-24)14-23-19-7-5-4-6-17(19)18(21(23)26)13-15-12-16(25)8-9-20(15)27-2/h4-9,12-13,24-25H,3,10-11,14H2,1-2H3/b18-13+. The predicted molar refractivity (Wildman–Crippen MR) is 106 cm³/mol. The summed E-state index contributed by atoms with van der Waals surface area (Å²) in [6.07, 6.45) is 1.75. The zero-order valence-corrected chi connectivity index (χ0v) is 15.6. The number of carbonyl (C=O) groups is 1. The maximum absolute atomic E-state index is 13.2. The van der Waals surface area contributed by atoms with Gasteiger partial charge in [0.1, 0.15) is 11.5 Å². The lowest BCUT2D eigenvalue weighted by Gasteiger charge is -2.26. The first kappa shape index (κ1) is 18.9. The van der Waals surface area contributed by atoms with Gasteiger partial charge in [-0.05, 0) is 36.9 Å². The van der Waals surface area contributed by atoms with Crippen LogP contribution in [0.15, 0.2) is 42.5 Å². The van der Waals surface area contributed by atoms with Crippen LogP contribution in [-0.2, 0) is 4.79 Å². The molecule has 1 aliphatic rings. The lowest BCUT2D eigenvalue weighted by Crippen LogP contribution is -2.40. The first-order chi connectivity index (χ1) is 13.1. The number of likely N-dealkylation sites (N-methyl/N-ethyl adjacent to an activating group) is 1. The average Bonchev–Trinajstić information content (AvgIpc) is 2.93. The van der Waals surface area contributed by atoms with Crippen LogP contribution < -0.4 is 9.64 Å². The quantitative estimate of drug-likeness (QED) is 0.735. The third kappa shape index (κ3) is 3.82. The molecular formula is C21H24N2O4. The SMILES string of the molecule is CCN(CCO)CN1C(=O)/C(=C/c2cc(O)ccc2OC)c2ccccc21. The number of hydrogen-bond donors (Lipinski definition) is 2. The number of anilines is 1. The molecule has 1 amide bonds. The molecule has 2 N–H and O–H groups in total. The molecule has 1 aliphatic heterocycles. The number of aromatic hydroxyl groups is 1. The van der Waals surface area contributed by atoms with E-state index in [1.807, 2.05) is 36.1 Å². The van der Waals surface area contributed by atoms with Gasteiger partial charge in [-0.1, -0.05) is 25.1 Å². The molecule has 0 fully saturated rings. The molecule has 0 saturated carbocycles. The highest BCUT2D eigenvalue weighted by molar-refractivity contribution is 6.35. The van der Waals surface area contributed by atoms with E-state index < -0.39 is 0 Å². The third-order valence-electron chi connectivity index (χ3n) is 4.68. The molecule has 0 aromatic heterocycles. The van der Waals surface area contributed by atoms with Gasteiger partial charge in [-0.15, -0.1) is 0 Å². The summed E-state index contributed by atoms with van der Waals surface area (Å²) in [5.74, 6) is 0.579. The number of carbonyl (C=O) groups excluding carboxylic acids is 1. The zero-order chi connectivity index (χ0) is 19.4. The second-order valence-electron chi connectivity index (χ2n) is 6.31. The van der Waals surface area contributed by atoms with Crippen LogP contribution in [0.5, 0.6) is 11.5 Å². The molecule has 0 atom stereocenters. The van der Waals surface area contributed by atoms with Gasteiger partial charge in [0.05, 0.1) is 26.1 Å². The Hall–Kier alpha value is -2.83. The van der Waals surface area contributed by atoms with Crippen molar-refractivity contribution < 1.29 is 19.7 Å². The molecule has 0 bridgehead atoms. The van der Waals surface area contributed by atoms with Crippen molar-refractivity contribution in [2.75, 3.05) is 38.4 Å². The normalized spacial score (nSPS) is 14.9. The van der Waals surface area contributed by atoms with Gasteiger partial charge >= 0.3 is 0 Å². The Kier molecular flexibility index (Phi) is 5.78. The van der Waals surface area contributed by atoms with Crippen molar-refractivity contribution in [3.05, 3.63) is 53.6 Å². The predicted octanol–water partition coefficient (Wildman–Crippen LogP) is 2.56. The molecule has 0 radical (unpaired) electrons. The molecule has 3 rings (SSSR count). The summed E-state index contributed by atoms with van der Waals surface area (Å²) in [5.41, 5.74) is 2.87. The van der Waals surface area contributed by atoms with Crippen molar-refractivity contribution in [1.29, 1.82) is 0 Å². The number of hydrogen-bond acceptors (Lipinski definition) is 5. The fourth-order valence-corrected chi connectivity index (χ4v) is 3.25. The molecular weight excluding hydrogens is 344 g/mol. The van der Waals surface area contributed by atoms with Crippen LogP contribution in [0.25, 0.3) is 11.6 Å². The highest BCUT2D eigenvalue weighted by atomic mass is 16.5. The number of rotatable bonds is 7. The van der Waals surface area contributed by atoms with Crippen LogP contribution >= 0.6 is 0 Å². The number of phenolic OH excluding ortho intramolecular Hbond substituents is 1. The van der Waals surface area contributed by atoms with E-state index >= 15 is 0 Å². The van der Waals surface area contributed by atoms with Crippen molar-refractivity contribution in [1.82, 2.24) is 4.90 Å². The second-order valence-corrected chi connectivity index (χ2v) is 6.31. The van der Waals surface area contributed by atoms with E-state index in [2.05, 4.69) is 0 Å². The Labute approximate surface area is 158 Å². The molecule has 0 saturated heterocycles. The summed E-state index contributed by atoms with van der Waals surface area (Å²) in [6.45, 7) is 3.67. The number of amides is 1. The Morgan fingerprint density at radius 3 is 2.70 bits per heavy atom. The number of phenols is 1. The maximum Gasteiger partial charge on any atom is 0.260 e. The zero-order valence-electron chi connectivity index (χ0n) is 15.6. The van der Waals surface area contributed by atoms with Crippen molar-refractivity contribution in [2.24, 2.45) is 0 Å². The van der Waals surface area contributed by atoms with E-state index in [0.29, 0.717) is 30.1 Å². The van der Waals surface area contributed by atoms with Crippen molar-refractivity contribution >= 4 is 23.2 Å². The summed E-state index contributed by atoms with van der Waals surface area (Å²) >= 11 is 0. The number of nitrogens with zero attached hydrogens (tertiary/aromatic N) is 2. The van der Waals surface area contributed by atoms with Crippen LogP contribution in [0.2, 0.25) is 0 Å². The van der Waals surface area contributed by atoms with Crippen molar-refractivity contribution in [2.45, 2.75) is 6.92 Å². The number of ether oxygens (including phenoxy) is 1. The smallest absolute Gasteiger partial charge is 0.260 e. The van der Waals surface area contributed by atoms with E-state index in [-0.39, 0.29) is 18.3 Å². The van der Waals surface area contributed by atoms with Gasteiger partial charge < -0.3 is 14.9 Å². The van der Waals surface area contributed by atoms with Crippen LogP contribution in [0.1, 0.15) is 18.1 Å². The van der Waals surface area contributed by atoms with Gasteiger partial charge in [-0.3, -0.25) is 14.6 Å². The molecule has 142 valence electrons. The van der Waals surface area contributed by atoms with E-state index in [9.17, 15) is 15.0 Å². The monoisotopic (exact) mass is 368 g/mol. The lowest BCUT2D eigenvalue weighted by molar-refractivity contribution is -0.113. The van der Waals surface area contributed by atoms with Gasteiger partial charge in [0.15, 0.2) is 0 Å². The fourth-order valence-electron chi connectivity index (χ4n) is 3.25. The molecule has 6 nitrogen and oxygen atoms in total. The van der Waals surface area contributed by atoms with Gasteiger partial charge in [-0.25, -0.2) is 0 Å². The highest BCUT2D eigenvalue weighted by Gasteiger charge is 2.33. The number of benzene rings is 2. The first-order valence-corrected chi connectivity index (χ1v) is 8.92. The highest BCUT2D eigenvalue weighted by Crippen LogP contribution is 2.39. The maximum atomic E-state index is 13.2. The number of para-hydroxylation sites is 1. The second kappa shape index (κ2) is 8.24. The summed E-state index contributed by atoms with van der Waals surface area (Å²) in [4.78, 5) is 16.9. The summed E-state index contributed by atoms with van der Waals surface area (Å²) in [5, 5.41) is 19.1. The van der Waals surface area contributed by atoms with Gasteiger partial charge in [0, 0.05) is 23.2 Å². The molecule has 6 heteroatoms. The van der Waals surface area contributed by atoms with Crippen LogP contribution in [0, 0.1) is 0 Å². The van der Waals surface area contributed by atoms with Gasteiger partial charge in [0.2, 0.25) is 0 Å². The van der Waals surface area contributed by atoms with E-state index in [4.69, 9.17) is 4.74 Å².